The molecule has 0 heterocycles. The Hall–Kier alpha value is -2.40. The zero-order valence-corrected chi connectivity index (χ0v) is 11.6. The summed E-state index contributed by atoms with van der Waals surface area (Å²) in [6, 6.07) is 12.8. The van der Waals surface area contributed by atoms with Crippen molar-refractivity contribution in [2.24, 2.45) is 0 Å². The van der Waals surface area contributed by atoms with E-state index in [0.29, 0.717) is 5.69 Å². The van der Waals surface area contributed by atoms with Gasteiger partial charge < -0.3 is 15.7 Å². The number of aliphatic hydroxyl groups excluding tert-OH is 1. The first-order valence-corrected chi connectivity index (χ1v) is 6.60. The molecule has 0 saturated heterocycles. The fourth-order valence-electron chi connectivity index (χ4n) is 1.86. The summed E-state index contributed by atoms with van der Waals surface area (Å²) in [5.41, 5.74) is 1.91. The molecule has 0 fully saturated rings. The Labute approximate surface area is 122 Å². The van der Waals surface area contributed by atoms with Crippen molar-refractivity contribution in [2.45, 2.75) is 13.0 Å². The van der Waals surface area contributed by atoms with E-state index < -0.39 is 18.0 Å². The second kappa shape index (κ2) is 6.85. The van der Waals surface area contributed by atoms with Gasteiger partial charge in [-0.25, -0.2) is 9.18 Å². The summed E-state index contributed by atoms with van der Waals surface area (Å²) < 4.78 is 13.5. The molecule has 5 heteroatoms. The largest absolute Gasteiger partial charge is 0.386 e. The van der Waals surface area contributed by atoms with Crippen LogP contribution in [0, 0.1) is 12.7 Å². The molecule has 0 aliphatic heterocycles. The van der Waals surface area contributed by atoms with Gasteiger partial charge in [-0.1, -0.05) is 35.9 Å². The van der Waals surface area contributed by atoms with Crippen LogP contribution in [-0.2, 0) is 0 Å². The fraction of sp³-hybridized carbons (Fsp3) is 0.188. The molecular formula is C16H17FN2O2. The molecule has 0 aromatic heterocycles. The molecule has 1 atom stereocenters. The number of carbonyl (C=O) groups excluding carboxylic acids is 1. The van der Waals surface area contributed by atoms with Crippen LogP contribution < -0.4 is 10.6 Å². The number of halogens is 1. The van der Waals surface area contributed by atoms with E-state index in [1.807, 2.05) is 19.1 Å². The Morgan fingerprint density at radius 1 is 1.19 bits per heavy atom. The van der Waals surface area contributed by atoms with Gasteiger partial charge in [0.1, 0.15) is 5.82 Å². The molecule has 4 nitrogen and oxygen atoms in total. The molecule has 2 rings (SSSR count). The predicted octanol–water partition coefficient (Wildman–Crippen LogP) is 2.99. The summed E-state index contributed by atoms with van der Waals surface area (Å²) in [4.78, 5) is 11.7. The molecule has 21 heavy (non-hydrogen) atoms. The molecule has 0 saturated carbocycles. The summed E-state index contributed by atoms with van der Waals surface area (Å²) in [6.07, 6.45) is -1.09. The molecule has 0 aliphatic rings. The van der Waals surface area contributed by atoms with Crippen molar-refractivity contribution >= 4 is 11.7 Å². The third-order valence-corrected chi connectivity index (χ3v) is 3.03. The maximum atomic E-state index is 13.5. The molecule has 2 aromatic rings. The van der Waals surface area contributed by atoms with Crippen LogP contribution in [-0.4, -0.2) is 17.7 Å². The molecule has 0 aliphatic carbocycles. The molecule has 2 aromatic carbocycles. The molecule has 110 valence electrons. The van der Waals surface area contributed by atoms with Gasteiger partial charge in [0.2, 0.25) is 0 Å². The Kier molecular flexibility index (Phi) is 4.90. The highest BCUT2D eigenvalue weighted by Crippen LogP contribution is 2.15. The predicted molar refractivity (Wildman–Crippen MR) is 79.6 cm³/mol. The number of amides is 2. The number of aliphatic hydroxyl groups is 1. The van der Waals surface area contributed by atoms with Gasteiger partial charge in [-0.15, -0.1) is 0 Å². The number of aryl methyl sites for hydroxylation is 1. The van der Waals surface area contributed by atoms with E-state index in [0.717, 1.165) is 5.56 Å². The molecule has 1 unspecified atom stereocenters. The average Bonchev–Trinajstić information content (AvgIpc) is 2.48. The number of benzene rings is 2. The van der Waals surface area contributed by atoms with Gasteiger partial charge in [0.25, 0.3) is 0 Å². The Balaban J connectivity index is 1.86. The third kappa shape index (κ3) is 4.29. The van der Waals surface area contributed by atoms with Crippen LogP contribution in [0.4, 0.5) is 14.9 Å². The van der Waals surface area contributed by atoms with E-state index in [4.69, 9.17) is 0 Å². The average molecular weight is 288 g/mol. The molecule has 2 amide bonds. The summed E-state index contributed by atoms with van der Waals surface area (Å²) in [7, 11) is 0. The van der Waals surface area contributed by atoms with E-state index >= 15 is 0 Å². The Morgan fingerprint density at radius 3 is 2.52 bits per heavy atom. The second-order valence-corrected chi connectivity index (χ2v) is 4.74. The van der Waals surface area contributed by atoms with Crippen molar-refractivity contribution in [1.82, 2.24) is 5.32 Å². The van der Waals surface area contributed by atoms with Crippen molar-refractivity contribution in [3.63, 3.8) is 0 Å². The lowest BCUT2D eigenvalue weighted by molar-refractivity contribution is 0.170. The third-order valence-electron chi connectivity index (χ3n) is 3.03. The quantitative estimate of drug-likeness (QED) is 0.810. The van der Waals surface area contributed by atoms with Crippen molar-refractivity contribution in [2.75, 3.05) is 11.9 Å². The number of nitrogens with one attached hydrogen (secondary N) is 2. The first kappa shape index (κ1) is 15.0. The van der Waals surface area contributed by atoms with Gasteiger partial charge in [-0.05, 0) is 25.1 Å². The maximum absolute atomic E-state index is 13.5. The van der Waals surface area contributed by atoms with Crippen molar-refractivity contribution in [1.29, 1.82) is 0 Å². The number of urea groups is 1. The van der Waals surface area contributed by atoms with E-state index in [1.54, 1.807) is 24.3 Å². The molecule has 0 bridgehead atoms. The van der Waals surface area contributed by atoms with Gasteiger partial charge in [0.15, 0.2) is 0 Å². The van der Waals surface area contributed by atoms with Gasteiger partial charge in [0, 0.05) is 17.8 Å². The van der Waals surface area contributed by atoms with Gasteiger partial charge in [0.05, 0.1) is 6.10 Å². The minimum Gasteiger partial charge on any atom is -0.386 e. The molecule has 3 N–H and O–H groups in total. The molecule has 0 spiro atoms. The molecule has 0 radical (unpaired) electrons. The zero-order valence-electron chi connectivity index (χ0n) is 11.6. The van der Waals surface area contributed by atoms with Crippen LogP contribution in [0.3, 0.4) is 0 Å². The van der Waals surface area contributed by atoms with Crippen LogP contribution in [0.1, 0.15) is 17.2 Å². The van der Waals surface area contributed by atoms with Gasteiger partial charge in [-0.3, -0.25) is 0 Å². The lowest BCUT2D eigenvalue weighted by Gasteiger charge is -2.13. The summed E-state index contributed by atoms with van der Waals surface area (Å²) in [5.74, 6) is -0.495. The lowest BCUT2D eigenvalue weighted by Crippen LogP contribution is -2.32. The van der Waals surface area contributed by atoms with Crippen molar-refractivity contribution in [3.8, 4) is 0 Å². The van der Waals surface area contributed by atoms with Gasteiger partial charge >= 0.3 is 6.03 Å². The summed E-state index contributed by atoms with van der Waals surface area (Å²) in [5, 5.41) is 15.0. The van der Waals surface area contributed by atoms with E-state index in [2.05, 4.69) is 10.6 Å². The highest BCUT2D eigenvalue weighted by molar-refractivity contribution is 5.89. The first-order chi connectivity index (χ1) is 10.1. The number of hydrogen-bond acceptors (Lipinski definition) is 2. The van der Waals surface area contributed by atoms with E-state index in [-0.39, 0.29) is 12.1 Å². The van der Waals surface area contributed by atoms with Crippen molar-refractivity contribution < 1.29 is 14.3 Å². The molecular weight excluding hydrogens is 271 g/mol. The fourth-order valence-corrected chi connectivity index (χ4v) is 1.86. The van der Waals surface area contributed by atoms with E-state index in [9.17, 15) is 14.3 Å². The monoisotopic (exact) mass is 288 g/mol. The van der Waals surface area contributed by atoms with Crippen LogP contribution in [0.2, 0.25) is 0 Å². The van der Waals surface area contributed by atoms with Crippen LogP contribution in [0.25, 0.3) is 0 Å². The number of hydrogen-bond donors (Lipinski definition) is 3. The van der Waals surface area contributed by atoms with E-state index in [1.165, 1.54) is 12.1 Å². The smallest absolute Gasteiger partial charge is 0.319 e. The normalized spacial score (nSPS) is 11.8. The summed E-state index contributed by atoms with van der Waals surface area (Å²) in [6.45, 7) is 1.88. The summed E-state index contributed by atoms with van der Waals surface area (Å²) >= 11 is 0. The van der Waals surface area contributed by atoms with Crippen LogP contribution in [0.5, 0.6) is 0 Å². The SMILES string of the molecule is Cc1ccc(NC(=O)NCC(O)c2ccccc2F)cc1. The highest BCUT2D eigenvalue weighted by Gasteiger charge is 2.13. The Morgan fingerprint density at radius 2 is 1.86 bits per heavy atom. The first-order valence-electron chi connectivity index (χ1n) is 6.60. The zero-order chi connectivity index (χ0) is 15.2. The number of carbonyl (C=O) groups is 1. The topological polar surface area (TPSA) is 61.4 Å². The minimum atomic E-state index is -1.09. The number of rotatable bonds is 4. The Bertz CT molecular complexity index is 614. The van der Waals surface area contributed by atoms with Crippen LogP contribution >= 0.6 is 0 Å². The lowest BCUT2D eigenvalue weighted by atomic mass is 10.1. The highest BCUT2D eigenvalue weighted by atomic mass is 19.1. The van der Waals surface area contributed by atoms with Crippen LogP contribution in [0.15, 0.2) is 48.5 Å². The maximum Gasteiger partial charge on any atom is 0.319 e. The van der Waals surface area contributed by atoms with Crippen molar-refractivity contribution in [3.05, 3.63) is 65.5 Å². The number of anilines is 1. The standard InChI is InChI=1S/C16H17FN2O2/c1-11-6-8-12(9-7-11)19-16(21)18-10-15(20)13-4-2-3-5-14(13)17/h2-9,15,20H,10H2,1H3,(H2,18,19,21). The van der Waals surface area contributed by atoms with Gasteiger partial charge in [-0.2, -0.15) is 0 Å². The minimum absolute atomic E-state index is 0.0708. The second-order valence-electron chi connectivity index (χ2n) is 4.74.